The van der Waals surface area contributed by atoms with Gasteiger partial charge in [-0.3, -0.25) is 4.79 Å². The van der Waals surface area contributed by atoms with Gasteiger partial charge in [-0.2, -0.15) is 0 Å². The number of hydrogen-bond acceptors (Lipinski definition) is 1. The van der Waals surface area contributed by atoms with Crippen LogP contribution < -0.4 is 0 Å². The predicted octanol–water partition coefficient (Wildman–Crippen LogP) is 3.66. The van der Waals surface area contributed by atoms with Gasteiger partial charge < -0.3 is 5.11 Å². The summed E-state index contributed by atoms with van der Waals surface area (Å²) in [7, 11) is 0. The number of aryl methyl sites for hydroxylation is 2. The quantitative estimate of drug-likeness (QED) is 0.844. The molecule has 2 nitrogen and oxygen atoms in total. The fourth-order valence-electron chi connectivity index (χ4n) is 2.94. The average molecular weight is 232 g/mol. The molecule has 1 N–H and O–H groups in total. The van der Waals surface area contributed by atoms with Crippen molar-refractivity contribution < 1.29 is 9.90 Å². The van der Waals surface area contributed by atoms with Crippen molar-refractivity contribution >= 4 is 5.97 Å². The van der Waals surface area contributed by atoms with E-state index in [1.54, 1.807) is 0 Å². The minimum Gasteiger partial charge on any atom is -0.481 e. The standard InChI is InChI=1S/C15H20O2/c1-10-3-8-14(11(2)9-10)12-4-6-13(7-5-12)15(16)17/h3,8-9,12-13H,4-7H2,1-2H3,(H,16,17). The van der Waals surface area contributed by atoms with Crippen LogP contribution in [0.3, 0.4) is 0 Å². The minimum atomic E-state index is -0.621. The third-order valence-electron chi connectivity index (χ3n) is 3.94. The monoisotopic (exact) mass is 232 g/mol. The van der Waals surface area contributed by atoms with Crippen LogP contribution in [0.4, 0.5) is 0 Å². The number of aliphatic carboxylic acids is 1. The minimum absolute atomic E-state index is 0.114. The first-order chi connectivity index (χ1) is 8.08. The highest BCUT2D eigenvalue weighted by molar-refractivity contribution is 5.70. The van der Waals surface area contributed by atoms with Crippen molar-refractivity contribution in [1.29, 1.82) is 0 Å². The Morgan fingerprint density at radius 2 is 1.82 bits per heavy atom. The van der Waals surface area contributed by atoms with E-state index < -0.39 is 5.97 Å². The van der Waals surface area contributed by atoms with Gasteiger partial charge in [0.15, 0.2) is 0 Å². The van der Waals surface area contributed by atoms with Gasteiger partial charge >= 0.3 is 5.97 Å². The molecule has 0 aromatic heterocycles. The zero-order valence-electron chi connectivity index (χ0n) is 10.6. The lowest BCUT2D eigenvalue weighted by molar-refractivity contribution is -0.142. The summed E-state index contributed by atoms with van der Waals surface area (Å²) in [6.45, 7) is 4.27. The highest BCUT2D eigenvalue weighted by Gasteiger charge is 2.27. The van der Waals surface area contributed by atoms with E-state index in [-0.39, 0.29) is 5.92 Å². The SMILES string of the molecule is Cc1ccc(C2CCC(C(=O)O)CC2)c(C)c1. The molecule has 1 fully saturated rings. The lowest BCUT2D eigenvalue weighted by Gasteiger charge is -2.27. The Hall–Kier alpha value is -1.31. The molecule has 0 heterocycles. The van der Waals surface area contributed by atoms with Crippen molar-refractivity contribution in [3.63, 3.8) is 0 Å². The molecule has 17 heavy (non-hydrogen) atoms. The summed E-state index contributed by atoms with van der Waals surface area (Å²) in [6.07, 6.45) is 3.68. The average Bonchev–Trinajstić information content (AvgIpc) is 2.29. The summed E-state index contributed by atoms with van der Waals surface area (Å²) in [6, 6.07) is 6.60. The maximum Gasteiger partial charge on any atom is 0.306 e. The molecule has 0 radical (unpaired) electrons. The second kappa shape index (κ2) is 4.91. The van der Waals surface area contributed by atoms with Crippen molar-refractivity contribution in [3.05, 3.63) is 34.9 Å². The van der Waals surface area contributed by atoms with Gasteiger partial charge in [0.2, 0.25) is 0 Å². The van der Waals surface area contributed by atoms with Gasteiger partial charge in [-0.05, 0) is 56.6 Å². The molecule has 1 saturated carbocycles. The van der Waals surface area contributed by atoms with Gasteiger partial charge in [0.05, 0.1) is 5.92 Å². The lowest BCUT2D eigenvalue weighted by Crippen LogP contribution is -2.20. The van der Waals surface area contributed by atoms with Gasteiger partial charge in [0, 0.05) is 0 Å². The highest BCUT2D eigenvalue weighted by Crippen LogP contribution is 2.37. The van der Waals surface area contributed by atoms with Gasteiger partial charge in [-0.1, -0.05) is 23.8 Å². The summed E-state index contributed by atoms with van der Waals surface area (Å²) < 4.78 is 0. The topological polar surface area (TPSA) is 37.3 Å². The van der Waals surface area contributed by atoms with Crippen molar-refractivity contribution in [1.82, 2.24) is 0 Å². The van der Waals surface area contributed by atoms with E-state index in [2.05, 4.69) is 32.0 Å². The smallest absolute Gasteiger partial charge is 0.306 e. The van der Waals surface area contributed by atoms with Crippen LogP contribution in [0.25, 0.3) is 0 Å². The first-order valence-electron chi connectivity index (χ1n) is 6.38. The molecule has 92 valence electrons. The van der Waals surface area contributed by atoms with Crippen molar-refractivity contribution in [2.24, 2.45) is 5.92 Å². The molecule has 2 heteroatoms. The fraction of sp³-hybridized carbons (Fsp3) is 0.533. The third-order valence-corrected chi connectivity index (χ3v) is 3.94. The Morgan fingerprint density at radius 1 is 1.18 bits per heavy atom. The molecule has 1 aromatic rings. The Labute approximate surface area is 103 Å². The van der Waals surface area contributed by atoms with Crippen LogP contribution in [0.2, 0.25) is 0 Å². The van der Waals surface area contributed by atoms with Gasteiger partial charge in [-0.25, -0.2) is 0 Å². The number of benzene rings is 1. The van der Waals surface area contributed by atoms with E-state index in [9.17, 15) is 4.79 Å². The van der Waals surface area contributed by atoms with Crippen molar-refractivity contribution in [3.8, 4) is 0 Å². The molecular weight excluding hydrogens is 212 g/mol. The zero-order valence-corrected chi connectivity index (χ0v) is 10.6. The maximum absolute atomic E-state index is 10.9. The number of carboxylic acids is 1. The Bertz CT molecular complexity index is 415. The number of carboxylic acid groups (broad SMARTS) is 1. The number of carbonyl (C=O) groups is 1. The second-order valence-corrected chi connectivity index (χ2v) is 5.25. The van der Waals surface area contributed by atoms with E-state index in [0.717, 1.165) is 25.7 Å². The summed E-state index contributed by atoms with van der Waals surface area (Å²) >= 11 is 0. The van der Waals surface area contributed by atoms with Gasteiger partial charge in [-0.15, -0.1) is 0 Å². The van der Waals surface area contributed by atoms with E-state index in [0.29, 0.717) is 5.92 Å². The molecule has 2 rings (SSSR count). The van der Waals surface area contributed by atoms with Crippen LogP contribution >= 0.6 is 0 Å². The second-order valence-electron chi connectivity index (χ2n) is 5.25. The van der Waals surface area contributed by atoms with Crippen LogP contribution in [-0.4, -0.2) is 11.1 Å². The molecule has 1 aliphatic carbocycles. The summed E-state index contributed by atoms with van der Waals surface area (Å²) in [4.78, 5) is 10.9. The van der Waals surface area contributed by atoms with Gasteiger partial charge in [0.25, 0.3) is 0 Å². The molecule has 0 bridgehead atoms. The van der Waals surface area contributed by atoms with Crippen molar-refractivity contribution in [2.45, 2.75) is 45.4 Å². The first kappa shape index (κ1) is 12.2. The van der Waals surface area contributed by atoms with Gasteiger partial charge in [0.1, 0.15) is 0 Å². The van der Waals surface area contributed by atoms with Crippen molar-refractivity contribution in [2.75, 3.05) is 0 Å². The summed E-state index contributed by atoms with van der Waals surface area (Å²) in [5.74, 6) is -0.174. The fourth-order valence-corrected chi connectivity index (χ4v) is 2.94. The van der Waals surface area contributed by atoms with E-state index in [1.165, 1.54) is 16.7 Å². The number of hydrogen-bond donors (Lipinski definition) is 1. The Balaban J connectivity index is 2.08. The number of rotatable bonds is 2. The molecule has 0 amide bonds. The van der Waals surface area contributed by atoms with Crippen LogP contribution in [0.1, 0.15) is 48.3 Å². The van der Waals surface area contributed by atoms with E-state index in [4.69, 9.17) is 5.11 Å². The molecule has 0 spiro atoms. The Morgan fingerprint density at radius 3 is 2.35 bits per heavy atom. The Kier molecular flexibility index (Phi) is 3.51. The molecule has 0 atom stereocenters. The largest absolute Gasteiger partial charge is 0.481 e. The molecular formula is C15H20O2. The third kappa shape index (κ3) is 2.68. The van der Waals surface area contributed by atoms with Crippen LogP contribution in [-0.2, 0) is 4.79 Å². The first-order valence-corrected chi connectivity index (χ1v) is 6.38. The molecule has 0 saturated heterocycles. The lowest BCUT2D eigenvalue weighted by atomic mass is 9.77. The molecule has 1 aliphatic rings. The predicted molar refractivity (Wildman–Crippen MR) is 68.3 cm³/mol. The summed E-state index contributed by atoms with van der Waals surface area (Å²) in [5, 5.41) is 8.99. The van der Waals surface area contributed by atoms with E-state index >= 15 is 0 Å². The molecule has 0 aliphatic heterocycles. The van der Waals surface area contributed by atoms with Crippen LogP contribution in [0.15, 0.2) is 18.2 Å². The van der Waals surface area contributed by atoms with Crippen LogP contribution in [0.5, 0.6) is 0 Å². The van der Waals surface area contributed by atoms with E-state index in [1.807, 2.05) is 0 Å². The maximum atomic E-state index is 10.9. The summed E-state index contributed by atoms with van der Waals surface area (Å²) in [5.41, 5.74) is 4.06. The molecule has 1 aromatic carbocycles. The van der Waals surface area contributed by atoms with Crippen LogP contribution in [0, 0.1) is 19.8 Å². The normalized spacial score (nSPS) is 24.6. The zero-order chi connectivity index (χ0) is 12.4. The molecule has 0 unspecified atom stereocenters. The highest BCUT2D eigenvalue weighted by atomic mass is 16.4.